The summed E-state index contributed by atoms with van der Waals surface area (Å²) in [6.07, 6.45) is 29.4. The summed E-state index contributed by atoms with van der Waals surface area (Å²) >= 11 is 0. The molecule has 1 amide bonds. The number of hydrogen-bond donors (Lipinski definition) is 6. The SMILES string of the molecule is CCCCCCCCC/C=C\CCCCCCCCCC(=O)NC(COC1OC(CO)C(O)C(O)C1O)C(O)/C=C/CCCCCCCCC. The third kappa shape index (κ3) is 23.3. The first-order valence-corrected chi connectivity index (χ1v) is 20.6. The number of ether oxygens (including phenoxy) is 2. The molecule has 50 heavy (non-hydrogen) atoms. The Bertz CT molecular complexity index is 837. The summed E-state index contributed by atoms with van der Waals surface area (Å²) in [5, 5.41) is 53.9. The number of amides is 1. The minimum absolute atomic E-state index is 0.185. The van der Waals surface area contributed by atoms with Crippen LogP contribution in [0.4, 0.5) is 0 Å². The molecule has 0 saturated carbocycles. The fourth-order valence-electron chi connectivity index (χ4n) is 6.38. The van der Waals surface area contributed by atoms with Gasteiger partial charge in [-0.05, 0) is 44.9 Å². The minimum atomic E-state index is -1.56. The second-order valence-electron chi connectivity index (χ2n) is 14.4. The van der Waals surface area contributed by atoms with E-state index in [2.05, 4.69) is 31.3 Å². The van der Waals surface area contributed by atoms with Gasteiger partial charge >= 0.3 is 0 Å². The molecule has 0 bridgehead atoms. The van der Waals surface area contributed by atoms with Crippen molar-refractivity contribution >= 4 is 5.91 Å². The highest BCUT2D eigenvalue weighted by Gasteiger charge is 2.44. The molecule has 0 aromatic carbocycles. The first-order chi connectivity index (χ1) is 24.3. The van der Waals surface area contributed by atoms with Crippen molar-refractivity contribution in [2.75, 3.05) is 13.2 Å². The molecule has 1 fully saturated rings. The Labute approximate surface area is 305 Å². The van der Waals surface area contributed by atoms with Crippen LogP contribution in [0, 0.1) is 0 Å². The number of hydrogen-bond acceptors (Lipinski definition) is 8. The van der Waals surface area contributed by atoms with Crippen LogP contribution in [-0.4, -0.2) is 87.5 Å². The zero-order valence-corrected chi connectivity index (χ0v) is 31.9. The first kappa shape index (κ1) is 46.7. The van der Waals surface area contributed by atoms with Gasteiger partial charge < -0.3 is 40.3 Å². The van der Waals surface area contributed by atoms with Crippen molar-refractivity contribution in [3.8, 4) is 0 Å². The predicted octanol–water partition coefficient (Wildman–Crippen LogP) is 7.55. The van der Waals surface area contributed by atoms with Gasteiger partial charge in [0.2, 0.25) is 5.91 Å². The second kappa shape index (κ2) is 32.3. The monoisotopic (exact) mass is 712 g/mol. The average Bonchev–Trinajstić information content (AvgIpc) is 3.11. The van der Waals surface area contributed by atoms with Crippen molar-refractivity contribution in [1.29, 1.82) is 0 Å². The normalized spacial score (nSPS) is 22.4. The Hall–Kier alpha value is -1.33. The maximum atomic E-state index is 12.9. The van der Waals surface area contributed by atoms with E-state index in [4.69, 9.17) is 9.47 Å². The summed E-state index contributed by atoms with van der Waals surface area (Å²) in [5.74, 6) is -0.185. The van der Waals surface area contributed by atoms with Gasteiger partial charge in [-0.15, -0.1) is 0 Å². The molecule has 1 aliphatic rings. The summed E-state index contributed by atoms with van der Waals surface area (Å²) < 4.78 is 11.1. The van der Waals surface area contributed by atoms with Gasteiger partial charge in [0.05, 0.1) is 25.4 Å². The molecule has 294 valence electrons. The zero-order chi connectivity index (χ0) is 36.7. The molecule has 0 spiro atoms. The van der Waals surface area contributed by atoms with E-state index >= 15 is 0 Å². The maximum Gasteiger partial charge on any atom is 0.220 e. The number of aliphatic hydroxyl groups is 5. The highest BCUT2D eigenvalue weighted by Crippen LogP contribution is 2.22. The van der Waals surface area contributed by atoms with Crippen LogP contribution in [0.5, 0.6) is 0 Å². The lowest BCUT2D eigenvalue weighted by Crippen LogP contribution is -2.60. The highest BCUT2D eigenvalue weighted by molar-refractivity contribution is 5.76. The van der Waals surface area contributed by atoms with Crippen molar-refractivity contribution in [3.63, 3.8) is 0 Å². The van der Waals surface area contributed by atoms with E-state index in [9.17, 15) is 30.3 Å². The molecule has 7 atom stereocenters. The van der Waals surface area contributed by atoms with Crippen LogP contribution in [-0.2, 0) is 14.3 Å². The molecule has 7 unspecified atom stereocenters. The van der Waals surface area contributed by atoms with E-state index in [1.54, 1.807) is 6.08 Å². The van der Waals surface area contributed by atoms with Gasteiger partial charge in [-0.2, -0.15) is 0 Å². The van der Waals surface area contributed by atoms with Crippen LogP contribution < -0.4 is 5.32 Å². The number of carbonyl (C=O) groups excluding carboxylic acids is 1. The van der Waals surface area contributed by atoms with Gasteiger partial charge in [-0.25, -0.2) is 0 Å². The van der Waals surface area contributed by atoms with E-state index < -0.39 is 49.5 Å². The van der Waals surface area contributed by atoms with Gasteiger partial charge in [-0.1, -0.05) is 147 Å². The smallest absolute Gasteiger partial charge is 0.220 e. The van der Waals surface area contributed by atoms with Gasteiger partial charge in [0, 0.05) is 6.42 Å². The molecule has 1 rings (SSSR count). The quantitative estimate of drug-likeness (QED) is 0.0302. The summed E-state index contributed by atoms with van der Waals surface area (Å²) in [7, 11) is 0. The van der Waals surface area contributed by atoms with Crippen molar-refractivity contribution in [2.45, 2.75) is 217 Å². The molecule has 1 saturated heterocycles. The van der Waals surface area contributed by atoms with Crippen molar-refractivity contribution in [2.24, 2.45) is 0 Å². The molecule has 0 aromatic heterocycles. The average molecular weight is 712 g/mol. The Morgan fingerprint density at radius 1 is 0.660 bits per heavy atom. The van der Waals surface area contributed by atoms with Crippen LogP contribution in [0.2, 0.25) is 0 Å². The summed E-state index contributed by atoms with van der Waals surface area (Å²) in [4.78, 5) is 12.9. The summed E-state index contributed by atoms with van der Waals surface area (Å²) in [6.45, 7) is 3.72. The predicted molar refractivity (Wildman–Crippen MR) is 203 cm³/mol. The van der Waals surface area contributed by atoms with Gasteiger partial charge in [0.25, 0.3) is 0 Å². The number of carbonyl (C=O) groups is 1. The molecule has 0 radical (unpaired) electrons. The van der Waals surface area contributed by atoms with E-state index in [-0.39, 0.29) is 12.5 Å². The Kier molecular flexibility index (Phi) is 30.2. The Balaban J connectivity index is 2.36. The summed E-state index contributed by atoms with van der Waals surface area (Å²) in [6, 6.07) is -0.801. The van der Waals surface area contributed by atoms with E-state index in [0.717, 1.165) is 44.9 Å². The first-order valence-electron chi connectivity index (χ1n) is 20.6. The lowest BCUT2D eigenvalue weighted by molar-refractivity contribution is -0.302. The number of unbranched alkanes of at least 4 members (excludes halogenated alkanes) is 21. The molecule has 0 aliphatic carbocycles. The molecule has 1 heterocycles. The van der Waals surface area contributed by atoms with Crippen LogP contribution in [0.3, 0.4) is 0 Å². The third-order valence-corrected chi connectivity index (χ3v) is 9.77. The molecule has 0 aromatic rings. The van der Waals surface area contributed by atoms with Crippen molar-refractivity contribution < 1.29 is 39.8 Å². The van der Waals surface area contributed by atoms with Crippen LogP contribution >= 0.6 is 0 Å². The van der Waals surface area contributed by atoms with E-state index in [1.807, 2.05) is 6.08 Å². The molecule has 1 aliphatic heterocycles. The highest BCUT2D eigenvalue weighted by atomic mass is 16.7. The lowest BCUT2D eigenvalue weighted by atomic mass is 9.99. The van der Waals surface area contributed by atoms with Gasteiger partial charge in [0.15, 0.2) is 6.29 Å². The van der Waals surface area contributed by atoms with Crippen molar-refractivity contribution in [3.05, 3.63) is 24.3 Å². The lowest BCUT2D eigenvalue weighted by Gasteiger charge is -2.40. The number of nitrogens with one attached hydrogen (secondary N) is 1. The second-order valence-corrected chi connectivity index (χ2v) is 14.4. The largest absolute Gasteiger partial charge is 0.394 e. The molecule has 6 N–H and O–H groups in total. The standard InChI is InChI=1S/C41H77NO8/c1-3-5-7-9-11-13-14-15-16-17-18-19-20-21-23-25-27-29-31-37(45)42-34(35(44)30-28-26-24-22-12-10-8-6-4-2)33-49-41-40(48)39(47)38(46)36(32-43)50-41/h16-17,28,30,34-36,38-41,43-44,46-48H,3-15,18-27,29,31-33H2,1-2H3,(H,42,45)/b17-16-,30-28+. The van der Waals surface area contributed by atoms with Crippen LogP contribution in [0.25, 0.3) is 0 Å². The van der Waals surface area contributed by atoms with Crippen LogP contribution in [0.15, 0.2) is 24.3 Å². The van der Waals surface area contributed by atoms with E-state index in [0.29, 0.717) is 6.42 Å². The van der Waals surface area contributed by atoms with E-state index in [1.165, 1.54) is 109 Å². The van der Waals surface area contributed by atoms with Gasteiger partial charge in [0.1, 0.15) is 24.4 Å². The maximum absolute atomic E-state index is 12.9. The summed E-state index contributed by atoms with van der Waals surface area (Å²) in [5.41, 5.74) is 0. The molecular weight excluding hydrogens is 634 g/mol. The Morgan fingerprint density at radius 2 is 1.12 bits per heavy atom. The molecule has 9 nitrogen and oxygen atoms in total. The topological polar surface area (TPSA) is 149 Å². The van der Waals surface area contributed by atoms with Gasteiger partial charge in [-0.3, -0.25) is 4.79 Å². The zero-order valence-electron chi connectivity index (χ0n) is 31.9. The van der Waals surface area contributed by atoms with Crippen LogP contribution in [0.1, 0.15) is 174 Å². The molecular formula is C41H77NO8. The minimum Gasteiger partial charge on any atom is -0.394 e. The van der Waals surface area contributed by atoms with Crippen molar-refractivity contribution in [1.82, 2.24) is 5.32 Å². The fourth-order valence-corrected chi connectivity index (χ4v) is 6.38. The number of rotatable bonds is 33. The molecule has 9 heteroatoms. The number of aliphatic hydroxyl groups excluding tert-OH is 5. The number of allylic oxidation sites excluding steroid dienone is 3. The fraction of sp³-hybridized carbons (Fsp3) is 0.878. The third-order valence-electron chi connectivity index (χ3n) is 9.77. The Morgan fingerprint density at radius 3 is 1.62 bits per heavy atom.